The van der Waals surface area contributed by atoms with Crippen LogP contribution in [-0.2, 0) is 21.4 Å². The highest BCUT2D eigenvalue weighted by Gasteiger charge is 2.27. The fourth-order valence-corrected chi connectivity index (χ4v) is 4.37. The predicted octanol–water partition coefficient (Wildman–Crippen LogP) is 5.00. The summed E-state index contributed by atoms with van der Waals surface area (Å²) in [5, 5.41) is 3.88. The molecule has 0 aliphatic carbocycles. The number of nitrogens with one attached hydrogen (secondary N) is 1. The van der Waals surface area contributed by atoms with Gasteiger partial charge in [-0.05, 0) is 54.3 Å². The SMILES string of the molecule is CC(C)CCNC(=O)CN(Cc1ccc(Cl)c(Cl)c1)S(=O)(=O)c1ccc(Cl)cc1. The van der Waals surface area contributed by atoms with Crippen LogP contribution in [0.4, 0.5) is 0 Å². The van der Waals surface area contributed by atoms with Gasteiger partial charge in [0.15, 0.2) is 0 Å². The van der Waals surface area contributed by atoms with Gasteiger partial charge in [0, 0.05) is 18.1 Å². The molecule has 0 aromatic heterocycles. The van der Waals surface area contributed by atoms with Crippen molar-refractivity contribution in [2.75, 3.05) is 13.1 Å². The highest BCUT2D eigenvalue weighted by atomic mass is 35.5. The van der Waals surface area contributed by atoms with E-state index in [4.69, 9.17) is 34.8 Å². The summed E-state index contributed by atoms with van der Waals surface area (Å²) in [5.74, 6) is 0.0589. The predicted molar refractivity (Wildman–Crippen MR) is 118 cm³/mol. The third-order valence-electron chi connectivity index (χ3n) is 4.16. The van der Waals surface area contributed by atoms with Crippen LogP contribution in [-0.4, -0.2) is 31.7 Å². The summed E-state index contributed by atoms with van der Waals surface area (Å²) in [6.07, 6.45) is 0.808. The number of carbonyl (C=O) groups is 1. The number of rotatable bonds is 9. The lowest BCUT2D eigenvalue weighted by atomic mass is 10.1. The molecule has 158 valence electrons. The molecule has 0 aliphatic rings. The molecule has 0 radical (unpaired) electrons. The van der Waals surface area contributed by atoms with Crippen molar-refractivity contribution in [2.45, 2.75) is 31.7 Å². The largest absolute Gasteiger partial charge is 0.355 e. The maximum atomic E-state index is 13.2. The monoisotopic (exact) mass is 476 g/mol. The Bertz CT molecular complexity index is 948. The third kappa shape index (κ3) is 7.15. The molecular formula is C20H23Cl3N2O3S. The molecule has 0 heterocycles. The van der Waals surface area contributed by atoms with Crippen molar-refractivity contribution in [3.63, 3.8) is 0 Å². The van der Waals surface area contributed by atoms with Gasteiger partial charge in [-0.15, -0.1) is 0 Å². The maximum Gasteiger partial charge on any atom is 0.243 e. The summed E-state index contributed by atoms with van der Waals surface area (Å²) in [4.78, 5) is 12.4. The molecule has 29 heavy (non-hydrogen) atoms. The first-order valence-electron chi connectivity index (χ1n) is 9.06. The fourth-order valence-electron chi connectivity index (χ4n) is 2.54. The fraction of sp³-hybridized carbons (Fsp3) is 0.350. The number of carbonyl (C=O) groups excluding carboxylic acids is 1. The van der Waals surface area contributed by atoms with Crippen molar-refractivity contribution in [3.05, 3.63) is 63.1 Å². The Labute approximate surface area is 187 Å². The molecule has 0 saturated heterocycles. The number of hydrogen-bond acceptors (Lipinski definition) is 3. The van der Waals surface area contributed by atoms with E-state index in [1.54, 1.807) is 18.2 Å². The van der Waals surface area contributed by atoms with Crippen molar-refractivity contribution in [3.8, 4) is 0 Å². The van der Waals surface area contributed by atoms with E-state index < -0.39 is 10.0 Å². The average molecular weight is 478 g/mol. The molecule has 0 spiro atoms. The zero-order valence-corrected chi connectivity index (χ0v) is 19.2. The van der Waals surface area contributed by atoms with Gasteiger partial charge < -0.3 is 5.32 Å². The number of amides is 1. The van der Waals surface area contributed by atoms with Crippen LogP contribution in [0.5, 0.6) is 0 Å². The van der Waals surface area contributed by atoms with E-state index in [-0.39, 0.29) is 23.9 Å². The molecule has 0 aliphatic heterocycles. The standard InChI is InChI=1S/C20H23Cl3N2O3S/c1-14(2)9-10-24-20(26)13-25(12-15-3-8-18(22)19(23)11-15)29(27,28)17-6-4-16(21)5-7-17/h3-8,11,14H,9-10,12-13H2,1-2H3,(H,24,26). The Hall–Kier alpha value is -1.31. The smallest absolute Gasteiger partial charge is 0.243 e. The first-order chi connectivity index (χ1) is 13.6. The van der Waals surface area contributed by atoms with Gasteiger partial charge in [-0.3, -0.25) is 4.79 Å². The quantitative estimate of drug-likeness (QED) is 0.552. The second-order valence-electron chi connectivity index (χ2n) is 7.01. The number of hydrogen-bond donors (Lipinski definition) is 1. The Kier molecular flexibility index (Phi) is 8.79. The topological polar surface area (TPSA) is 66.5 Å². The normalized spacial score (nSPS) is 11.8. The van der Waals surface area contributed by atoms with Gasteiger partial charge in [0.05, 0.1) is 21.5 Å². The molecule has 2 aromatic carbocycles. The van der Waals surface area contributed by atoms with Gasteiger partial charge in [-0.25, -0.2) is 8.42 Å². The van der Waals surface area contributed by atoms with Crippen molar-refractivity contribution in [2.24, 2.45) is 5.92 Å². The Morgan fingerprint density at radius 3 is 2.28 bits per heavy atom. The van der Waals surface area contributed by atoms with Crippen LogP contribution in [0, 0.1) is 5.92 Å². The Morgan fingerprint density at radius 1 is 1.03 bits per heavy atom. The average Bonchev–Trinajstić information content (AvgIpc) is 2.64. The summed E-state index contributed by atoms with van der Waals surface area (Å²) in [7, 11) is -3.94. The van der Waals surface area contributed by atoms with Gasteiger partial charge in [-0.2, -0.15) is 4.31 Å². The number of benzene rings is 2. The minimum atomic E-state index is -3.94. The lowest BCUT2D eigenvalue weighted by molar-refractivity contribution is -0.121. The van der Waals surface area contributed by atoms with E-state index in [0.717, 1.165) is 10.7 Å². The van der Waals surface area contributed by atoms with Crippen molar-refractivity contribution < 1.29 is 13.2 Å². The van der Waals surface area contributed by atoms with Gasteiger partial charge in [0.1, 0.15) is 0 Å². The molecule has 1 N–H and O–H groups in total. The number of nitrogens with zero attached hydrogens (tertiary/aromatic N) is 1. The summed E-state index contributed by atoms with van der Waals surface area (Å²) >= 11 is 17.9. The molecule has 0 saturated carbocycles. The van der Waals surface area contributed by atoms with Crippen LogP contribution in [0.25, 0.3) is 0 Å². The van der Waals surface area contributed by atoms with Crippen LogP contribution in [0.3, 0.4) is 0 Å². The van der Waals surface area contributed by atoms with E-state index in [1.807, 2.05) is 13.8 Å². The first kappa shape index (κ1) is 24.0. The Morgan fingerprint density at radius 2 is 1.69 bits per heavy atom. The summed E-state index contributed by atoms with van der Waals surface area (Å²) in [6.45, 7) is 4.24. The molecule has 2 rings (SSSR count). The zero-order chi connectivity index (χ0) is 21.6. The van der Waals surface area contributed by atoms with Crippen LogP contribution in [0.15, 0.2) is 47.4 Å². The molecular weight excluding hydrogens is 455 g/mol. The van der Waals surface area contributed by atoms with E-state index in [9.17, 15) is 13.2 Å². The molecule has 0 fully saturated rings. The van der Waals surface area contributed by atoms with Crippen LogP contribution in [0.2, 0.25) is 15.1 Å². The number of halogens is 3. The summed E-state index contributed by atoms with van der Waals surface area (Å²) in [5.41, 5.74) is 0.618. The van der Waals surface area contributed by atoms with Crippen LogP contribution < -0.4 is 5.32 Å². The van der Waals surface area contributed by atoms with E-state index in [2.05, 4.69) is 5.32 Å². The number of sulfonamides is 1. The highest BCUT2D eigenvalue weighted by molar-refractivity contribution is 7.89. The molecule has 1 amide bonds. The highest BCUT2D eigenvalue weighted by Crippen LogP contribution is 2.25. The van der Waals surface area contributed by atoms with Crippen molar-refractivity contribution in [1.29, 1.82) is 0 Å². The lowest BCUT2D eigenvalue weighted by Crippen LogP contribution is -2.40. The van der Waals surface area contributed by atoms with Crippen LogP contribution >= 0.6 is 34.8 Å². The summed E-state index contributed by atoms with van der Waals surface area (Å²) in [6, 6.07) is 10.7. The molecule has 0 bridgehead atoms. The molecule has 0 atom stereocenters. The second kappa shape index (κ2) is 10.6. The second-order valence-corrected chi connectivity index (χ2v) is 10.2. The minimum absolute atomic E-state index is 0.0283. The van der Waals surface area contributed by atoms with E-state index in [0.29, 0.717) is 33.1 Å². The van der Waals surface area contributed by atoms with Gasteiger partial charge >= 0.3 is 0 Å². The van der Waals surface area contributed by atoms with Crippen LogP contribution in [0.1, 0.15) is 25.8 Å². The van der Waals surface area contributed by atoms with E-state index in [1.165, 1.54) is 24.3 Å². The molecule has 2 aromatic rings. The van der Waals surface area contributed by atoms with Crippen molar-refractivity contribution in [1.82, 2.24) is 9.62 Å². The van der Waals surface area contributed by atoms with Gasteiger partial charge in [0.25, 0.3) is 0 Å². The maximum absolute atomic E-state index is 13.2. The minimum Gasteiger partial charge on any atom is -0.355 e. The van der Waals surface area contributed by atoms with Crippen molar-refractivity contribution >= 4 is 50.7 Å². The third-order valence-corrected chi connectivity index (χ3v) is 6.96. The van der Waals surface area contributed by atoms with Gasteiger partial charge in [0.2, 0.25) is 15.9 Å². The van der Waals surface area contributed by atoms with E-state index >= 15 is 0 Å². The molecule has 9 heteroatoms. The zero-order valence-electron chi connectivity index (χ0n) is 16.2. The van der Waals surface area contributed by atoms with Gasteiger partial charge in [-0.1, -0.05) is 54.7 Å². The Balaban J connectivity index is 2.27. The molecule has 5 nitrogen and oxygen atoms in total. The lowest BCUT2D eigenvalue weighted by Gasteiger charge is -2.22. The first-order valence-corrected chi connectivity index (χ1v) is 11.6. The molecule has 0 unspecified atom stereocenters. The summed E-state index contributed by atoms with van der Waals surface area (Å²) < 4.78 is 27.4.